The average Bonchev–Trinajstić information content (AvgIpc) is 2.46. The standard InChI is InChI=1S/C11H12ClFN2/c1-6-8(2-3-14)9-4-7(12)5-10(13)11(9)15-6/h4-5,15H,2-3,14H2,1H3. The number of aromatic amines is 1. The van der Waals surface area contributed by atoms with Crippen molar-refractivity contribution in [3.63, 3.8) is 0 Å². The molecule has 0 saturated carbocycles. The lowest BCUT2D eigenvalue weighted by Gasteiger charge is -1.99. The van der Waals surface area contributed by atoms with Gasteiger partial charge in [-0.2, -0.15) is 0 Å². The Bertz CT molecular complexity index is 505. The summed E-state index contributed by atoms with van der Waals surface area (Å²) in [4.78, 5) is 3.02. The third kappa shape index (κ3) is 1.73. The van der Waals surface area contributed by atoms with Gasteiger partial charge in [-0.15, -0.1) is 0 Å². The molecule has 0 bridgehead atoms. The van der Waals surface area contributed by atoms with Gasteiger partial charge in [0, 0.05) is 16.1 Å². The van der Waals surface area contributed by atoms with Gasteiger partial charge < -0.3 is 10.7 Å². The van der Waals surface area contributed by atoms with Crippen LogP contribution in [0.15, 0.2) is 12.1 Å². The second kappa shape index (κ2) is 3.83. The van der Waals surface area contributed by atoms with Crippen LogP contribution in [0, 0.1) is 12.7 Å². The van der Waals surface area contributed by atoms with Crippen LogP contribution < -0.4 is 5.73 Å². The lowest BCUT2D eigenvalue weighted by atomic mass is 10.1. The molecule has 0 aliphatic rings. The normalized spacial score (nSPS) is 11.2. The Balaban J connectivity index is 2.74. The molecule has 80 valence electrons. The van der Waals surface area contributed by atoms with Crippen LogP contribution in [0.5, 0.6) is 0 Å². The van der Waals surface area contributed by atoms with Crippen LogP contribution in [0.25, 0.3) is 10.9 Å². The monoisotopic (exact) mass is 226 g/mol. The van der Waals surface area contributed by atoms with E-state index < -0.39 is 0 Å². The SMILES string of the molecule is Cc1[nH]c2c(F)cc(Cl)cc2c1CCN. The third-order valence-electron chi connectivity index (χ3n) is 2.54. The van der Waals surface area contributed by atoms with E-state index in [1.54, 1.807) is 6.07 Å². The van der Waals surface area contributed by atoms with Crippen molar-refractivity contribution in [2.75, 3.05) is 6.54 Å². The molecule has 15 heavy (non-hydrogen) atoms. The molecular weight excluding hydrogens is 215 g/mol. The van der Waals surface area contributed by atoms with Crippen LogP contribution in [0.1, 0.15) is 11.3 Å². The van der Waals surface area contributed by atoms with Crippen molar-refractivity contribution in [1.82, 2.24) is 4.98 Å². The number of rotatable bonds is 2. The molecule has 2 aromatic rings. The molecule has 4 heteroatoms. The van der Waals surface area contributed by atoms with E-state index in [1.807, 2.05) is 6.92 Å². The maximum absolute atomic E-state index is 13.5. The molecule has 0 radical (unpaired) electrons. The van der Waals surface area contributed by atoms with Crippen LogP contribution in [0.2, 0.25) is 5.02 Å². The van der Waals surface area contributed by atoms with E-state index in [0.29, 0.717) is 17.1 Å². The van der Waals surface area contributed by atoms with Gasteiger partial charge in [0.25, 0.3) is 0 Å². The first kappa shape index (κ1) is 10.5. The molecule has 0 saturated heterocycles. The van der Waals surface area contributed by atoms with Crippen LogP contribution in [-0.4, -0.2) is 11.5 Å². The number of fused-ring (bicyclic) bond motifs is 1. The number of benzene rings is 1. The molecule has 0 atom stereocenters. The number of halogens is 2. The van der Waals surface area contributed by atoms with Crippen molar-refractivity contribution in [3.05, 3.63) is 34.2 Å². The van der Waals surface area contributed by atoms with Gasteiger partial charge in [-0.1, -0.05) is 11.6 Å². The number of aromatic nitrogens is 1. The molecule has 0 aliphatic heterocycles. The first-order valence-electron chi connectivity index (χ1n) is 4.79. The predicted molar refractivity (Wildman–Crippen MR) is 60.8 cm³/mol. The summed E-state index contributed by atoms with van der Waals surface area (Å²) in [6.07, 6.45) is 0.728. The lowest BCUT2D eigenvalue weighted by molar-refractivity contribution is 0.637. The predicted octanol–water partition coefficient (Wildman–Crippen LogP) is 2.77. The highest BCUT2D eigenvalue weighted by Gasteiger charge is 2.11. The Labute approximate surface area is 92.2 Å². The summed E-state index contributed by atoms with van der Waals surface area (Å²) in [5.41, 5.74) is 8.03. The van der Waals surface area contributed by atoms with Crippen LogP contribution >= 0.6 is 11.6 Å². The lowest BCUT2D eigenvalue weighted by Crippen LogP contribution is -2.03. The summed E-state index contributed by atoms with van der Waals surface area (Å²) in [5, 5.41) is 1.25. The highest BCUT2D eigenvalue weighted by molar-refractivity contribution is 6.31. The van der Waals surface area contributed by atoms with Gasteiger partial charge in [0.15, 0.2) is 0 Å². The zero-order valence-electron chi connectivity index (χ0n) is 8.40. The molecule has 3 N–H and O–H groups in total. The van der Waals surface area contributed by atoms with E-state index in [0.717, 1.165) is 23.1 Å². The minimum Gasteiger partial charge on any atom is -0.356 e. The Hall–Kier alpha value is -1.06. The van der Waals surface area contributed by atoms with Crippen molar-refractivity contribution < 1.29 is 4.39 Å². The van der Waals surface area contributed by atoms with Gasteiger partial charge in [-0.25, -0.2) is 4.39 Å². The highest BCUT2D eigenvalue weighted by Crippen LogP contribution is 2.27. The smallest absolute Gasteiger partial charge is 0.148 e. The van der Waals surface area contributed by atoms with Gasteiger partial charge in [0.2, 0.25) is 0 Å². The zero-order chi connectivity index (χ0) is 11.0. The third-order valence-corrected chi connectivity index (χ3v) is 2.76. The van der Waals surface area contributed by atoms with Crippen LogP contribution in [0.3, 0.4) is 0 Å². The minimum atomic E-state index is -0.316. The Morgan fingerprint density at radius 1 is 1.47 bits per heavy atom. The average molecular weight is 227 g/mol. The van der Waals surface area contributed by atoms with E-state index in [2.05, 4.69) is 4.98 Å². The summed E-state index contributed by atoms with van der Waals surface area (Å²) >= 11 is 5.82. The summed E-state index contributed by atoms with van der Waals surface area (Å²) < 4.78 is 13.5. The van der Waals surface area contributed by atoms with E-state index in [9.17, 15) is 4.39 Å². The maximum Gasteiger partial charge on any atom is 0.148 e. The summed E-state index contributed by atoms with van der Waals surface area (Å²) in [7, 11) is 0. The van der Waals surface area contributed by atoms with Crippen molar-refractivity contribution >= 4 is 22.5 Å². The summed E-state index contributed by atoms with van der Waals surface area (Å²) in [6.45, 7) is 2.46. The summed E-state index contributed by atoms with van der Waals surface area (Å²) in [5.74, 6) is -0.316. The fourth-order valence-corrected chi connectivity index (χ4v) is 2.08. The first-order chi connectivity index (χ1) is 7.13. The van der Waals surface area contributed by atoms with Crippen molar-refractivity contribution in [2.24, 2.45) is 5.73 Å². The number of H-pyrrole nitrogens is 1. The van der Waals surface area contributed by atoms with Crippen molar-refractivity contribution in [1.29, 1.82) is 0 Å². The van der Waals surface area contributed by atoms with Crippen molar-refractivity contribution in [3.8, 4) is 0 Å². The van der Waals surface area contributed by atoms with E-state index in [-0.39, 0.29) is 5.82 Å². The van der Waals surface area contributed by atoms with Crippen molar-refractivity contribution in [2.45, 2.75) is 13.3 Å². The topological polar surface area (TPSA) is 41.8 Å². The largest absolute Gasteiger partial charge is 0.356 e. The quantitative estimate of drug-likeness (QED) is 0.813. The number of nitrogens with one attached hydrogen (secondary N) is 1. The first-order valence-corrected chi connectivity index (χ1v) is 5.17. The molecule has 0 amide bonds. The highest BCUT2D eigenvalue weighted by atomic mass is 35.5. The Kier molecular flexibility index (Phi) is 2.67. The fourth-order valence-electron chi connectivity index (χ4n) is 1.87. The second-order valence-corrected chi connectivity index (χ2v) is 4.01. The number of nitrogens with two attached hydrogens (primary N) is 1. The number of hydrogen-bond acceptors (Lipinski definition) is 1. The molecule has 0 aliphatic carbocycles. The van der Waals surface area contributed by atoms with Crippen LogP contribution in [0.4, 0.5) is 4.39 Å². The van der Waals surface area contributed by atoms with Gasteiger partial charge in [-0.3, -0.25) is 0 Å². The van der Waals surface area contributed by atoms with E-state index in [1.165, 1.54) is 6.07 Å². The van der Waals surface area contributed by atoms with Crippen LogP contribution in [-0.2, 0) is 6.42 Å². The molecular formula is C11H12ClFN2. The minimum absolute atomic E-state index is 0.316. The Morgan fingerprint density at radius 3 is 2.87 bits per heavy atom. The van der Waals surface area contributed by atoms with Gasteiger partial charge >= 0.3 is 0 Å². The number of hydrogen-bond donors (Lipinski definition) is 2. The van der Waals surface area contributed by atoms with Gasteiger partial charge in [0.05, 0.1) is 5.52 Å². The molecule has 0 spiro atoms. The molecule has 1 aromatic carbocycles. The fraction of sp³-hybridized carbons (Fsp3) is 0.273. The molecule has 1 heterocycles. The molecule has 2 nitrogen and oxygen atoms in total. The molecule has 1 aromatic heterocycles. The summed E-state index contributed by atoms with van der Waals surface area (Å²) in [6, 6.07) is 3.08. The maximum atomic E-state index is 13.5. The second-order valence-electron chi connectivity index (χ2n) is 3.58. The molecule has 0 fully saturated rings. The van der Waals surface area contributed by atoms with E-state index >= 15 is 0 Å². The Morgan fingerprint density at radius 2 is 2.20 bits per heavy atom. The molecule has 2 rings (SSSR count). The van der Waals surface area contributed by atoms with E-state index in [4.69, 9.17) is 17.3 Å². The zero-order valence-corrected chi connectivity index (χ0v) is 9.16. The van der Waals surface area contributed by atoms with Gasteiger partial charge in [-0.05, 0) is 37.6 Å². The molecule has 0 unspecified atom stereocenters. The number of aryl methyl sites for hydroxylation is 1. The van der Waals surface area contributed by atoms with Gasteiger partial charge in [0.1, 0.15) is 5.82 Å².